The highest BCUT2D eigenvalue weighted by Crippen LogP contribution is 2.26. The van der Waals surface area contributed by atoms with Crippen LogP contribution in [-0.2, 0) is 6.54 Å². The summed E-state index contributed by atoms with van der Waals surface area (Å²) < 4.78 is 1.89. The van der Waals surface area contributed by atoms with Gasteiger partial charge in [-0.3, -0.25) is 10.1 Å². The predicted molar refractivity (Wildman–Crippen MR) is 71.8 cm³/mol. The molecule has 1 N–H and O–H groups in total. The number of hydrogen-bond donors (Lipinski definition) is 1. The molecule has 1 unspecified atom stereocenters. The summed E-state index contributed by atoms with van der Waals surface area (Å²) in [5.41, 5.74) is -0.499. The Balaban J connectivity index is 1.84. The van der Waals surface area contributed by atoms with Gasteiger partial charge in [0.25, 0.3) is 5.69 Å². The molecule has 0 bridgehead atoms. The molecule has 0 aliphatic rings. The third-order valence-electron chi connectivity index (χ3n) is 2.51. The van der Waals surface area contributed by atoms with Gasteiger partial charge in [0.2, 0.25) is 0 Å². The number of benzene rings is 1. The van der Waals surface area contributed by atoms with Gasteiger partial charge in [-0.2, -0.15) is 0 Å². The lowest BCUT2D eigenvalue weighted by Crippen LogP contribution is -2.06. The molecule has 1 atom stereocenters. The maximum Gasteiger partial charge on any atom is 0.269 e. The van der Waals surface area contributed by atoms with Gasteiger partial charge in [-0.25, -0.2) is 4.98 Å². The Kier molecular flexibility index (Phi) is 4.53. The summed E-state index contributed by atoms with van der Waals surface area (Å²) in [6.45, 7) is 0.682. The van der Waals surface area contributed by atoms with Crippen LogP contribution >= 0.6 is 11.8 Å². The normalized spacial score (nSPS) is 12.3. The van der Waals surface area contributed by atoms with Crippen molar-refractivity contribution in [3.63, 3.8) is 0 Å². The first kappa shape index (κ1) is 13.6. The van der Waals surface area contributed by atoms with Crippen LogP contribution in [0.1, 0.15) is 6.42 Å². The molecule has 2 aromatic rings. The third kappa shape index (κ3) is 4.08. The summed E-state index contributed by atoms with van der Waals surface area (Å²) >= 11 is 1.29. The van der Waals surface area contributed by atoms with Crippen LogP contribution in [0.3, 0.4) is 0 Å². The van der Waals surface area contributed by atoms with Crippen LogP contribution in [-0.4, -0.2) is 25.0 Å². The summed E-state index contributed by atoms with van der Waals surface area (Å²) in [5, 5.41) is 20.4. The monoisotopic (exact) mass is 279 g/mol. The van der Waals surface area contributed by atoms with Crippen molar-refractivity contribution in [2.75, 3.05) is 0 Å². The van der Waals surface area contributed by atoms with Crippen molar-refractivity contribution in [1.29, 1.82) is 0 Å². The topological polar surface area (TPSA) is 81.2 Å². The molecule has 0 saturated carbocycles. The Labute approximate surface area is 114 Å². The molecule has 0 aliphatic heterocycles. The first-order chi connectivity index (χ1) is 9.15. The minimum absolute atomic E-state index is 0.0530. The molecule has 1 aromatic heterocycles. The number of non-ortho nitro benzene ring substituents is 1. The Morgan fingerprint density at radius 1 is 1.42 bits per heavy atom. The molecule has 2 rings (SSSR count). The lowest BCUT2D eigenvalue weighted by atomic mass is 10.3. The van der Waals surface area contributed by atoms with E-state index in [2.05, 4.69) is 4.98 Å². The minimum atomic E-state index is -0.552. The number of aliphatic hydroxyl groups excluding tert-OH is 1. The fourth-order valence-electron chi connectivity index (χ4n) is 1.54. The van der Waals surface area contributed by atoms with Crippen molar-refractivity contribution >= 4 is 17.4 Å². The number of nitro benzene ring substituents is 1. The molecule has 100 valence electrons. The highest BCUT2D eigenvalue weighted by molar-refractivity contribution is 7.99. The second-order valence-electron chi connectivity index (χ2n) is 3.91. The van der Waals surface area contributed by atoms with E-state index in [4.69, 9.17) is 0 Å². The molecular weight excluding hydrogens is 266 g/mol. The summed E-state index contributed by atoms with van der Waals surface area (Å²) in [7, 11) is 0. The predicted octanol–water partition coefficient (Wildman–Crippen LogP) is 2.29. The van der Waals surface area contributed by atoms with Gasteiger partial charge in [0.1, 0.15) is 5.44 Å². The molecule has 0 amide bonds. The van der Waals surface area contributed by atoms with E-state index < -0.39 is 10.4 Å². The van der Waals surface area contributed by atoms with Gasteiger partial charge >= 0.3 is 0 Å². The number of imidazole rings is 1. The smallest absolute Gasteiger partial charge is 0.269 e. The fraction of sp³-hybridized carbons (Fsp3) is 0.250. The van der Waals surface area contributed by atoms with E-state index >= 15 is 0 Å². The van der Waals surface area contributed by atoms with Gasteiger partial charge in [-0.1, -0.05) is 11.8 Å². The first-order valence-corrected chi connectivity index (χ1v) is 6.58. The SMILES string of the molecule is O=[N+]([O-])c1ccc(SC(O)CCn2ccnc2)cc1. The molecule has 0 aliphatic carbocycles. The van der Waals surface area contributed by atoms with E-state index in [1.54, 1.807) is 24.7 Å². The average molecular weight is 279 g/mol. The zero-order valence-corrected chi connectivity index (χ0v) is 10.9. The minimum Gasteiger partial charge on any atom is -0.382 e. The molecule has 0 fully saturated rings. The van der Waals surface area contributed by atoms with Crippen LogP contribution in [0, 0.1) is 10.1 Å². The van der Waals surface area contributed by atoms with Crippen LogP contribution in [0.2, 0.25) is 0 Å². The van der Waals surface area contributed by atoms with Crippen LogP contribution in [0.4, 0.5) is 5.69 Å². The average Bonchev–Trinajstić information content (AvgIpc) is 2.90. The van der Waals surface area contributed by atoms with Crippen LogP contribution < -0.4 is 0 Å². The Hall–Kier alpha value is -1.86. The van der Waals surface area contributed by atoms with Gasteiger partial charge < -0.3 is 9.67 Å². The molecule has 6 nitrogen and oxygen atoms in total. The van der Waals surface area contributed by atoms with E-state index in [1.165, 1.54) is 23.9 Å². The number of nitro groups is 1. The first-order valence-electron chi connectivity index (χ1n) is 5.70. The molecule has 1 heterocycles. The van der Waals surface area contributed by atoms with Crippen LogP contribution in [0.5, 0.6) is 0 Å². The van der Waals surface area contributed by atoms with Crippen molar-refractivity contribution in [2.45, 2.75) is 23.3 Å². The molecule has 0 saturated heterocycles. The maximum absolute atomic E-state index is 10.5. The summed E-state index contributed by atoms with van der Waals surface area (Å²) in [6.07, 6.45) is 5.81. The number of nitrogens with zero attached hydrogens (tertiary/aromatic N) is 3. The number of thioether (sulfide) groups is 1. The standard InChI is InChI=1S/C12H13N3O3S/c16-12(5-7-14-8-6-13-9-14)19-11-3-1-10(2-4-11)15(17)18/h1-4,6,8-9,12,16H,5,7H2. The Morgan fingerprint density at radius 2 is 2.16 bits per heavy atom. The van der Waals surface area contributed by atoms with Crippen molar-refractivity contribution in [2.24, 2.45) is 0 Å². The lowest BCUT2D eigenvalue weighted by molar-refractivity contribution is -0.384. The van der Waals surface area contributed by atoms with Crippen molar-refractivity contribution in [3.05, 3.63) is 53.1 Å². The highest BCUT2D eigenvalue weighted by atomic mass is 32.2. The number of aryl methyl sites for hydroxylation is 1. The molecule has 0 radical (unpaired) electrons. The Morgan fingerprint density at radius 3 is 2.74 bits per heavy atom. The van der Waals surface area contributed by atoms with E-state index in [0.717, 1.165) is 4.90 Å². The molecule has 7 heteroatoms. The molecule has 19 heavy (non-hydrogen) atoms. The third-order valence-corrected chi connectivity index (χ3v) is 3.57. The summed E-state index contributed by atoms with van der Waals surface area (Å²) in [4.78, 5) is 14.8. The van der Waals surface area contributed by atoms with Crippen molar-refractivity contribution in [1.82, 2.24) is 9.55 Å². The molecule has 1 aromatic carbocycles. The molecular formula is C12H13N3O3S. The largest absolute Gasteiger partial charge is 0.382 e. The highest BCUT2D eigenvalue weighted by Gasteiger charge is 2.09. The van der Waals surface area contributed by atoms with E-state index in [9.17, 15) is 15.2 Å². The van der Waals surface area contributed by atoms with Crippen molar-refractivity contribution < 1.29 is 10.0 Å². The quantitative estimate of drug-likeness (QED) is 0.380. The van der Waals surface area contributed by atoms with Gasteiger partial charge in [0.15, 0.2) is 0 Å². The van der Waals surface area contributed by atoms with E-state index in [0.29, 0.717) is 13.0 Å². The number of aromatic nitrogens is 2. The van der Waals surface area contributed by atoms with E-state index in [-0.39, 0.29) is 5.69 Å². The van der Waals surface area contributed by atoms with Gasteiger partial charge in [0.05, 0.1) is 11.3 Å². The number of hydrogen-bond acceptors (Lipinski definition) is 5. The van der Waals surface area contributed by atoms with E-state index in [1.807, 2.05) is 10.8 Å². The van der Waals surface area contributed by atoms with Gasteiger partial charge in [0, 0.05) is 42.4 Å². The zero-order chi connectivity index (χ0) is 13.7. The summed E-state index contributed by atoms with van der Waals surface area (Å²) in [5.74, 6) is 0. The van der Waals surface area contributed by atoms with Gasteiger partial charge in [-0.15, -0.1) is 0 Å². The molecule has 0 spiro atoms. The maximum atomic E-state index is 10.5. The van der Waals surface area contributed by atoms with Crippen LogP contribution in [0.15, 0.2) is 47.9 Å². The van der Waals surface area contributed by atoms with Crippen LogP contribution in [0.25, 0.3) is 0 Å². The zero-order valence-electron chi connectivity index (χ0n) is 10.0. The van der Waals surface area contributed by atoms with Gasteiger partial charge in [-0.05, 0) is 12.1 Å². The Bertz CT molecular complexity index is 528. The van der Waals surface area contributed by atoms with Crippen molar-refractivity contribution in [3.8, 4) is 0 Å². The number of aliphatic hydroxyl groups is 1. The second kappa shape index (κ2) is 6.35. The number of rotatable bonds is 6. The summed E-state index contributed by atoms with van der Waals surface area (Å²) in [6, 6.07) is 6.16. The lowest BCUT2D eigenvalue weighted by Gasteiger charge is -2.10. The fourth-order valence-corrected chi connectivity index (χ4v) is 2.37. The second-order valence-corrected chi connectivity index (χ2v) is 5.16.